The lowest BCUT2D eigenvalue weighted by atomic mass is 9.67. The van der Waals surface area contributed by atoms with E-state index in [9.17, 15) is 0 Å². The van der Waals surface area contributed by atoms with Crippen LogP contribution in [0.5, 0.6) is 0 Å². The van der Waals surface area contributed by atoms with Crippen LogP contribution in [0.25, 0.3) is 53.9 Å². The van der Waals surface area contributed by atoms with E-state index in [4.69, 9.17) is 0 Å². The zero-order valence-electron chi connectivity index (χ0n) is 34.7. The van der Waals surface area contributed by atoms with Gasteiger partial charge in [-0.15, -0.1) is 11.3 Å². The summed E-state index contributed by atoms with van der Waals surface area (Å²) in [6, 6.07) is 83.2. The van der Waals surface area contributed by atoms with E-state index in [2.05, 4.69) is 243 Å². The monoisotopic (exact) mass is 809 g/mol. The lowest BCUT2D eigenvalue weighted by Crippen LogP contribution is -2.28. The number of fused-ring (bicyclic) bond motifs is 8. The maximum Gasteiger partial charge on any atom is 0.0714 e. The number of rotatable bonds is 7. The third-order valence-corrected chi connectivity index (χ3v) is 14.7. The second kappa shape index (κ2) is 14.2. The topological polar surface area (TPSA) is 3.24 Å². The van der Waals surface area contributed by atoms with E-state index in [0.29, 0.717) is 0 Å². The summed E-state index contributed by atoms with van der Waals surface area (Å²) in [4.78, 5) is 3.86. The fourth-order valence-corrected chi connectivity index (χ4v) is 12.1. The predicted octanol–water partition coefficient (Wildman–Crippen LogP) is 16.4. The minimum Gasteiger partial charge on any atom is -0.310 e. The average Bonchev–Trinajstić information content (AvgIpc) is 3.94. The van der Waals surface area contributed by atoms with Gasteiger partial charge in [0.25, 0.3) is 0 Å². The van der Waals surface area contributed by atoms with Crippen molar-refractivity contribution < 1.29 is 0 Å². The molecule has 0 atom stereocenters. The van der Waals surface area contributed by atoms with Gasteiger partial charge < -0.3 is 4.90 Å². The van der Waals surface area contributed by atoms with Gasteiger partial charge in [-0.25, -0.2) is 0 Å². The van der Waals surface area contributed by atoms with E-state index in [1.807, 2.05) is 11.3 Å². The molecule has 0 saturated heterocycles. The summed E-state index contributed by atoms with van der Waals surface area (Å²) in [6.07, 6.45) is 0. The van der Waals surface area contributed by atoms with Crippen LogP contribution in [0.1, 0.15) is 47.2 Å². The largest absolute Gasteiger partial charge is 0.310 e. The number of hydrogen-bond donors (Lipinski definition) is 0. The Kier molecular flexibility index (Phi) is 8.36. The second-order valence-electron chi connectivity index (χ2n) is 17.2. The Morgan fingerprint density at radius 1 is 0.371 bits per heavy atom. The molecule has 9 aromatic carbocycles. The van der Waals surface area contributed by atoms with Crippen LogP contribution in [0.3, 0.4) is 0 Å². The molecule has 294 valence electrons. The normalized spacial score (nSPS) is 13.9. The van der Waals surface area contributed by atoms with Crippen molar-refractivity contribution >= 4 is 38.5 Å². The van der Waals surface area contributed by atoms with Crippen molar-refractivity contribution in [3.63, 3.8) is 0 Å². The first kappa shape index (κ1) is 36.6. The zero-order chi connectivity index (χ0) is 41.4. The van der Waals surface area contributed by atoms with Gasteiger partial charge in [-0.1, -0.05) is 190 Å². The molecule has 12 rings (SSSR count). The molecule has 1 heterocycles. The molecule has 62 heavy (non-hydrogen) atoms. The van der Waals surface area contributed by atoms with Gasteiger partial charge in [-0.2, -0.15) is 0 Å². The summed E-state index contributed by atoms with van der Waals surface area (Å²) in [5.41, 5.74) is 19.5. The summed E-state index contributed by atoms with van der Waals surface area (Å²) in [6.45, 7) is 4.80. The molecule has 0 aliphatic heterocycles. The number of thiophene rings is 1. The van der Waals surface area contributed by atoms with Crippen LogP contribution in [0, 0.1) is 0 Å². The summed E-state index contributed by atoms with van der Waals surface area (Å²) in [5, 5.41) is 1.38. The Balaban J connectivity index is 1.04. The third kappa shape index (κ3) is 5.46. The van der Waals surface area contributed by atoms with E-state index in [0.717, 1.165) is 17.1 Å². The van der Waals surface area contributed by atoms with Crippen molar-refractivity contribution in [1.29, 1.82) is 0 Å². The molecular weight excluding hydrogens is 767 g/mol. The number of hydrogen-bond acceptors (Lipinski definition) is 2. The van der Waals surface area contributed by atoms with Gasteiger partial charge in [0.15, 0.2) is 0 Å². The van der Waals surface area contributed by atoms with Crippen LogP contribution in [-0.4, -0.2) is 0 Å². The summed E-state index contributed by atoms with van der Waals surface area (Å²) < 4.78 is 1.37. The van der Waals surface area contributed by atoms with Crippen molar-refractivity contribution in [1.82, 2.24) is 0 Å². The molecule has 0 bridgehead atoms. The number of benzene rings is 9. The molecule has 0 N–H and O–H groups in total. The van der Waals surface area contributed by atoms with Gasteiger partial charge in [0.2, 0.25) is 0 Å². The van der Waals surface area contributed by atoms with E-state index in [1.165, 1.54) is 87.3 Å². The Morgan fingerprint density at radius 2 is 0.919 bits per heavy atom. The molecule has 2 aliphatic rings. The maximum absolute atomic E-state index is 2.47. The molecule has 0 fully saturated rings. The summed E-state index contributed by atoms with van der Waals surface area (Å²) >= 11 is 1.93. The molecule has 2 heteroatoms. The lowest BCUT2D eigenvalue weighted by molar-refractivity contribution is 0.667. The fraction of sp³-hybridized carbons (Fsp3) is 0.0667. The van der Waals surface area contributed by atoms with Crippen LogP contribution < -0.4 is 4.90 Å². The SMILES string of the molecule is CC1(C)c2cc(-c3cccc(N(c4ccc(-c5ccccc5)cc4)c4ccc5c(c4)C(c4ccccc4)(c4ccccc4)c4ccccc4-5)c3)ccc2-c2sc3ccccc3c21. The average molecular weight is 810 g/mol. The molecule has 0 radical (unpaired) electrons. The summed E-state index contributed by atoms with van der Waals surface area (Å²) in [7, 11) is 0. The Hall–Kier alpha value is -7.26. The molecule has 0 amide bonds. The Labute approximate surface area is 367 Å². The fourth-order valence-electron chi connectivity index (χ4n) is 10.7. The standard InChI is InChI=1S/C60H43NS/c1-59(2)54-38-43(31-35-51(54)58-57(59)52-26-13-15-28-56(52)62-58)42-19-16-24-47(37-42)61(46-32-29-41(30-33-46)40-17-6-3-7-18-40)48-34-36-50-49-25-12-14-27-53(49)60(55(50)39-48,44-20-8-4-9-21-44)45-22-10-5-11-23-45/h3-39H,1-2H3. The predicted molar refractivity (Wildman–Crippen MR) is 262 cm³/mol. The van der Waals surface area contributed by atoms with Gasteiger partial charge in [-0.05, 0) is 126 Å². The van der Waals surface area contributed by atoms with Crippen molar-refractivity contribution in [3.8, 4) is 43.8 Å². The first-order valence-corrected chi connectivity index (χ1v) is 22.4. The van der Waals surface area contributed by atoms with Crippen LogP contribution in [0.4, 0.5) is 17.1 Å². The second-order valence-corrected chi connectivity index (χ2v) is 18.3. The highest BCUT2D eigenvalue weighted by Gasteiger charge is 2.46. The first-order chi connectivity index (χ1) is 30.5. The van der Waals surface area contributed by atoms with E-state index < -0.39 is 5.41 Å². The zero-order valence-corrected chi connectivity index (χ0v) is 35.5. The number of nitrogens with zero attached hydrogens (tertiary/aromatic N) is 1. The summed E-state index contributed by atoms with van der Waals surface area (Å²) in [5.74, 6) is 0. The maximum atomic E-state index is 2.47. The van der Waals surface area contributed by atoms with Crippen LogP contribution in [0.2, 0.25) is 0 Å². The number of anilines is 3. The van der Waals surface area contributed by atoms with E-state index >= 15 is 0 Å². The van der Waals surface area contributed by atoms with E-state index in [-0.39, 0.29) is 5.41 Å². The minimum atomic E-state index is -0.501. The first-order valence-electron chi connectivity index (χ1n) is 21.6. The minimum absolute atomic E-state index is 0.101. The molecule has 1 nitrogen and oxygen atoms in total. The quantitative estimate of drug-likeness (QED) is 0.155. The van der Waals surface area contributed by atoms with Crippen molar-refractivity contribution in [3.05, 3.63) is 258 Å². The Morgan fingerprint density at radius 3 is 1.68 bits per heavy atom. The highest BCUT2D eigenvalue weighted by Crippen LogP contribution is 2.58. The van der Waals surface area contributed by atoms with Gasteiger partial charge in [-0.3, -0.25) is 0 Å². The molecule has 0 unspecified atom stereocenters. The smallest absolute Gasteiger partial charge is 0.0714 e. The highest BCUT2D eigenvalue weighted by molar-refractivity contribution is 7.22. The van der Waals surface area contributed by atoms with Gasteiger partial charge in [0.1, 0.15) is 0 Å². The van der Waals surface area contributed by atoms with Crippen molar-refractivity contribution in [2.45, 2.75) is 24.7 Å². The van der Waals surface area contributed by atoms with E-state index in [1.54, 1.807) is 0 Å². The Bertz CT molecular complexity index is 3270. The van der Waals surface area contributed by atoms with Crippen LogP contribution in [0.15, 0.2) is 224 Å². The van der Waals surface area contributed by atoms with Gasteiger partial charge in [0.05, 0.1) is 5.41 Å². The van der Waals surface area contributed by atoms with Crippen LogP contribution >= 0.6 is 11.3 Å². The molecular formula is C60H43NS. The molecule has 2 aliphatic carbocycles. The van der Waals surface area contributed by atoms with Crippen molar-refractivity contribution in [2.75, 3.05) is 4.90 Å². The lowest BCUT2D eigenvalue weighted by Gasteiger charge is -2.35. The molecule has 0 saturated carbocycles. The molecule has 10 aromatic rings. The van der Waals surface area contributed by atoms with Gasteiger partial charge >= 0.3 is 0 Å². The third-order valence-electron chi connectivity index (χ3n) is 13.5. The highest BCUT2D eigenvalue weighted by atomic mass is 32.1. The molecule has 1 aromatic heterocycles. The van der Waals surface area contributed by atoms with Gasteiger partial charge in [0, 0.05) is 32.1 Å². The van der Waals surface area contributed by atoms with Crippen molar-refractivity contribution in [2.24, 2.45) is 0 Å². The molecule has 0 spiro atoms. The van der Waals surface area contributed by atoms with Crippen LogP contribution in [-0.2, 0) is 10.8 Å².